The molecule has 2 amide bonds. The SMILES string of the molecule is CCN(CC)C(=O)[C@H]1CSCN1C(=O)CC[C@@H]1CCCCO1. The highest BCUT2D eigenvalue weighted by Crippen LogP contribution is 2.25. The zero-order chi connectivity index (χ0) is 15.9. The Balaban J connectivity index is 1.86. The monoisotopic (exact) mass is 328 g/mol. The maximum Gasteiger partial charge on any atom is 0.246 e. The predicted octanol–water partition coefficient (Wildman–Crippen LogP) is 2.11. The first-order valence-electron chi connectivity index (χ1n) is 8.45. The van der Waals surface area contributed by atoms with Gasteiger partial charge >= 0.3 is 0 Å². The van der Waals surface area contributed by atoms with Gasteiger partial charge < -0.3 is 14.5 Å². The summed E-state index contributed by atoms with van der Waals surface area (Å²) in [6.07, 6.45) is 4.89. The molecular weight excluding hydrogens is 300 g/mol. The Kier molecular flexibility index (Phi) is 7.02. The second kappa shape index (κ2) is 8.77. The van der Waals surface area contributed by atoms with Crippen molar-refractivity contribution in [3.63, 3.8) is 0 Å². The summed E-state index contributed by atoms with van der Waals surface area (Å²) in [5.41, 5.74) is 0. The van der Waals surface area contributed by atoms with E-state index in [1.54, 1.807) is 16.7 Å². The first-order valence-corrected chi connectivity index (χ1v) is 9.60. The van der Waals surface area contributed by atoms with Gasteiger partial charge in [-0.05, 0) is 39.5 Å². The summed E-state index contributed by atoms with van der Waals surface area (Å²) in [6, 6.07) is -0.273. The van der Waals surface area contributed by atoms with Crippen LogP contribution >= 0.6 is 11.8 Å². The topological polar surface area (TPSA) is 49.9 Å². The molecule has 126 valence electrons. The van der Waals surface area contributed by atoms with Crippen molar-refractivity contribution < 1.29 is 14.3 Å². The van der Waals surface area contributed by atoms with E-state index in [9.17, 15) is 9.59 Å². The molecule has 0 aliphatic carbocycles. The molecule has 2 saturated heterocycles. The third-order valence-electron chi connectivity index (χ3n) is 4.52. The van der Waals surface area contributed by atoms with Gasteiger partial charge in [0, 0.05) is 31.9 Å². The lowest BCUT2D eigenvalue weighted by Gasteiger charge is -2.29. The van der Waals surface area contributed by atoms with Crippen LogP contribution in [0.5, 0.6) is 0 Å². The van der Waals surface area contributed by atoms with Gasteiger partial charge in [0.2, 0.25) is 11.8 Å². The molecule has 0 N–H and O–H groups in total. The van der Waals surface area contributed by atoms with Crippen LogP contribution in [0.4, 0.5) is 0 Å². The molecule has 2 aliphatic rings. The van der Waals surface area contributed by atoms with Crippen molar-refractivity contribution in [2.45, 2.75) is 58.1 Å². The summed E-state index contributed by atoms with van der Waals surface area (Å²) < 4.78 is 5.69. The van der Waals surface area contributed by atoms with Crippen LogP contribution < -0.4 is 0 Å². The molecule has 6 heteroatoms. The fraction of sp³-hybridized carbons (Fsp3) is 0.875. The summed E-state index contributed by atoms with van der Waals surface area (Å²) in [4.78, 5) is 28.6. The van der Waals surface area contributed by atoms with Crippen molar-refractivity contribution in [2.75, 3.05) is 31.3 Å². The Labute approximate surface area is 137 Å². The van der Waals surface area contributed by atoms with Crippen LogP contribution in [-0.2, 0) is 14.3 Å². The molecular formula is C16H28N2O3S. The smallest absolute Gasteiger partial charge is 0.246 e. The van der Waals surface area contributed by atoms with E-state index in [4.69, 9.17) is 4.74 Å². The van der Waals surface area contributed by atoms with Crippen molar-refractivity contribution >= 4 is 23.6 Å². The number of ether oxygens (including phenoxy) is 1. The van der Waals surface area contributed by atoms with Gasteiger partial charge in [0.05, 0.1) is 12.0 Å². The van der Waals surface area contributed by atoms with E-state index in [1.165, 1.54) is 6.42 Å². The van der Waals surface area contributed by atoms with E-state index in [-0.39, 0.29) is 24.0 Å². The number of rotatable bonds is 6. The largest absolute Gasteiger partial charge is 0.378 e. The Hall–Kier alpha value is -0.750. The minimum atomic E-state index is -0.273. The van der Waals surface area contributed by atoms with E-state index in [1.807, 2.05) is 18.7 Å². The molecule has 0 saturated carbocycles. The van der Waals surface area contributed by atoms with E-state index in [0.29, 0.717) is 25.4 Å². The number of hydrogen-bond donors (Lipinski definition) is 0. The van der Waals surface area contributed by atoms with Crippen molar-refractivity contribution in [1.82, 2.24) is 9.80 Å². The predicted molar refractivity (Wildman–Crippen MR) is 88.7 cm³/mol. The van der Waals surface area contributed by atoms with Crippen LogP contribution in [0.1, 0.15) is 46.0 Å². The second-order valence-electron chi connectivity index (χ2n) is 5.92. The van der Waals surface area contributed by atoms with E-state index < -0.39 is 0 Å². The Morgan fingerprint density at radius 2 is 2.05 bits per heavy atom. The molecule has 5 nitrogen and oxygen atoms in total. The first-order chi connectivity index (χ1) is 10.7. The van der Waals surface area contributed by atoms with Gasteiger partial charge in [0.1, 0.15) is 6.04 Å². The molecule has 0 radical (unpaired) electrons. The van der Waals surface area contributed by atoms with Gasteiger partial charge in [0.25, 0.3) is 0 Å². The molecule has 2 rings (SSSR count). The van der Waals surface area contributed by atoms with Crippen LogP contribution in [0.15, 0.2) is 0 Å². The lowest BCUT2D eigenvalue weighted by molar-refractivity contribution is -0.143. The van der Waals surface area contributed by atoms with Gasteiger partial charge in [0.15, 0.2) is 0 Å². The second-order valence-corrected chi connectivity index (χ2v) is 6.92. The number of likely N-dealkylation sites (N-methyl/N-ethyl adjacent to an activating group) is 1. The number of amides is 2. The summed E-state index contributed by atoms with van der Waals surface area (Å²) in [7, 11) is 0. The maximum atomic E-state index is 12.5. The van der Waals surface area contributed by atoms with Gasteiger partial charge in [-0.3, -0.25) is 9.59 Å². The van der Waals surface area contributed by atoms with Crippen molar-refractivity contribution in [2.24, 2.45) is 0 Å². The Bertz CT molecular complexity index is 382. The summed E-state index contributed by atoms with van der Waals surface area (Å²) >= 11 is 1.67. The molecule has 0 spiro atoms. The quantitative estimate of drug-likeness (QED) is 0.749. The molecule has 22 heavy (non-hydrogen) atoms. The third-order valence-corrected chi connectivity index (χ3v) is 5.53. The van der Waals surface area contributed by atoms with Crippen molar-refractivity contribution in [1.29, 1.82) is 0 Å². The number of hydrogen-bond acceptors (Lipinski definition) is 4. The van der Waals surface area contributed by atoms with Crippen molar-refractivity contribution in [3.05, 3.63) is 0 Å². The lowest BCUT2D eigenvalue weighted by atomic mass is 10.0. The molecule has 0 aromatic rings. The zero-order valence-electron chi connectivity index (χ0n) is 13.8. The summed E-state index contributed by atoms with van der Waals surface area (Å²) in [6.45, 7) is 6.19. The van der Waals surface area contributed by atoms with E-state index in [0.717, 1.165) is 31.6 Å². The van der Waals surface area contributed by atoms with E-state index in [2.05, 4.69) is 0 Å². The van der Waals surface area contributed by atoms with Crippen LogP contribution in [0.2, 0.25) is 0 Å². The molecule has 0 bridgehead atoms. The molecule has 2 atom stereocenters. The normalized spacial score (nSPS) is 25.3. The highest BCUT2D eigenvalue weighted by atomic mass is 32.2. The van der Waals surface area contributed by atoms with Gasteiger partial charge in [-0.15, -0.1) is 11.8 Å². The van der Waals surface area contributed by atoms with Crippen LogP contribution in [0, 0.1) is 0 Å². The fourth-order valence-electron chi connectivity index (χ4n) is 3.10. The summed E-state index contributed by atoms with van der Waals surface area (Å²) in [5, 5.41) is 0. The first kappa shape index (κ1) is 17.6. The summed E-state index contributed by atoms with van der Waals surface area (Å²) in [5.74, 6) is 1.56. The molecule has 2 heterocycles. The number of carbonyl (C=O) groups is 2. The van der Waals surface area contributed by atoms with Gasteiger partial charge in [-0.2, -0.15) is 0 Å². The standard InChI is InChI=1S/C16H28N2O3S/c1-3-17(4-2)16(20)14-11-22-12-18(14)15(19)9-8-13-7-5-6-10-21-13/h13-14H,3-12H2,1-2H3/t13-,14+/m0/s1. The zero-order valence-corrected chi connectivity index (χ0v) is 14.6. The third kappa shape index (κ3) is 4.38. The van der Waals surface area contributed by atoms with Crippen LogP contribution in [0.25, 0.3) is 0 Å². The molecule has 0 aromatic heterocycles. The van der Waals surface area contributed by atoms with Crippen LogP contribution in [0.3, 0.4) is 0 Å². The van der Waals surface area contributed by atoms with E-state index >= 15 is 0 Å². The highest BCUT2D eigenvalue weighted by Gasteiger charge is 2.36. The average molecular weight is 328 g/mol. The van der Waals surface area contributed by atoms with Crippen molar-refractivity contribution in [3.8, 4) is 0 Å². The lowest BCUT2D eigenvalue weighted by Crippen LogP contribution is -2.49. The maximum absolute atomic E-state index is 12.5. The molecule has 2 aliphatic heterocycles. The number of nitrogens with zero attached hydrogens (tertiary/aromatic N) is 2. The van der Waals surface area contributed by atoms with Crippen LogP contribution in [-0.4, -0.2) is 65.1 Å². The molecule has 0 aromatic carbocycles. The average Bonchev–Trinajstić information content (AvgIpc) is 3.04. The molecule has 2 fully saturated rings. The van der Waals surface area contributed by atoms with Gasteiger partial charge in [-0.25, -0.2) is 0 Å². The minimum absolute atomic E-state index is 0.0947. The number of thioether (sulfide) groups is 1. The molecule has 0 unspecified atom stereocenters. The Morgan fingerprint density at radius 1 is 1.27 bits per heavy atom. The highest BCUT2D eigenvalue weighted by molar-refractivity contribution is 7.99. The fourth-order valence-corrected chi connectivity index (χ4v) is 4.27. The minimum Gasteiger partial charge on any atom is -0.378 e. The number of carbonyl (C=O) groups excluding carboxylic acids is 2. The Morgan fingerprint density at radius 3 is 2.68 bits per heavy atom. The van der Waals surface area contributed by atoms with Gasteiger partial charge in [-0.1, -0.05) is 0 Å².